The maximum atomic E-state index is 12.6. The molecule has 0 unspecified atom stereocenters. The van der Waals surface area contributed by atoms with Crippen LogP contribution in [0.4, 0.5) is 0 Å². The van der Waals surface area contributed by atoms with Crippen LogP contribution in [-0.4, -0.2) is 87.3 Å². The number of halogens is 1. The first-order valence-corrected chi connectivity index (χ1v) is 11.2. The van der Waals surface area contributed by atoms with Gasteiger partial charge in [0.25, 0.3) is 0 Å². The molecule has 0 amide bonds. The monoisotopic (exact) mass is 434 g/mol. The van der Waals surface area contributed by atoms with Gasteiger partial charge in [0, 0.05) is 24.7 Å². The van der Waals surface area contributed by atoms with Gasteiger partial charge in [0.15, 0.2) is 0 Å². The summed E-state index contributed by atoms with van der Waals surface area (Å²) >= 11 is 5.82. The van der Waals surface area contributed by atoms with Crippen molar-refractivity contribution in [3.63, 3.8) is 0 Å². The van der Waals surface area contributed by atoms with Gasteiger partial charge >= 0.3 is 0 Å². The third-order valence-corrected chi connectivity index (χ3v) is 7.10. The normalized spacial score (nSPS) is 31.5. The Hall–Kier alpha value is -0.780. The van der Waals surface area contributed by atoms with E-state index in [4.69, 9.17) is 21.1 Å². The average Bonchev–Trinajstić information content (AvgIpc) is 3.24. The Morgan fingerprint density at radius 1 is 1.32 bits per heavy atom. The van der Waals surface area contributed by atoms with Crippen molar-refractivity contribution in [3.05, 3.63) is 29.3 Å². The van der Waals surface area contributed by atoms with Gasteiger partial charge in [0.2, 0.25) is 10.0 Å². The van der Waals surface area contributed by atoms with E-state index in [9.17, 15) is 18.6 Å². The molecule has 0 bridgehead atoms. The molecule has 0 saturated carbocycles. The zero-order chi connectivity index (χ0) is 20.3. The Morgan fingerprint density at radius 2 is 2.04 bits per heavy atom. The van der Waals surface area contributed by atoms with Gasteiger partial charge in [-0.15, -0.1) is 0 Å². The molecular formula is C18H27ClN2O6S. The van der Waals surface area contributed by atoms with Gasteiger partial charge in [-0.1, -0.05) is 11.6 Å². The van der Waals surface area contributed by atoms with Gasteiger partial charge in [-0.25, -0.2) is 13.1 Å². The highest BCUT2D eigenvalue weighted by molar-refractivity contribution is 7.89. The van der Waals surface area contributed by atoms with Crippen molar-refractivity contribution in [2.24, 2.45) is 0 Å². The van der Waals surface area contributed by atoms with Crippen LogP contribution in [0.3, 0.4) is 0 Å². The summed E-state index contributed by atoms with van der Waals surface area (Å²) < 4.78 is 38.8. The fraction of sp³-hybridized carbons (Fsp3) is 0.667. The van der Waals surface area contributed by atoms with Gasteiger partial charge in [-0.2, -0.15) is 0 Å². The first-order valence-electron chi connectivity index (χ1n) is 9.31. The van der Waals surface area contributed by atoms with Crippen LogP contribution in [0.25, 0.3) is 0 Å². The zero-order valence-electron chi connectivity index (χ0n) is 15.7. The number of nitrogens with zero attached hydrogens (tertiary/aromatic N) is 1. The summed E-state index contributed by atoms with van der Waals surface area (Å²) in [6.45, 7) is 0.939. The average molecular weight is 435 g/mol. The summed E-state index contributed by atoms with van der Waals surface area (Å²) in [7, 11) is -2.12. The number of sulfonamides is 1. The Kier molecular flexibility index (Phi) is 7.32. The van der Waals surface area contributed by atoms with Crippen molar-refractivity contribution < 1.29 is 28.1 Å². The SMILES string of the molecule is COC[C@H]1CCCN1[C@@H]1[C@H](O)[C@H](CO)O[C@@H]1CNS(=O)(=O)c1ccc(Cl)cc1. The maximum Gasteiger partial charge on any atom is 0.240 e. The van der Waals surface area contributed by atoms with E-state index in [0.717, 1.165) is 19.4 Å². The Labute approximate surface area is 170 Å². The number of hydrogen-bond acceptors (Lipinski definition) is 7. The molecule has 2 heterocycles. The van der Waals surface area contributed by atoms with E-state index in [-0.39, 0.29) is 24.1 Å². The van der Waals surface area contributed by atoms with E-state index in [1.165, 1.54) is 24.3 Å². The molecule has 8 nitrogen and oxygen atoms in total. The summed E-state index contributed by atoms with van der Waals surface area (Å²) in [6, 6.07) is 5.58. The minimum absolute atomic E-state index is 0.0145. The van der Waals surface area contributed by atoms with Crippen LogP contribution >= 0.6 is 11.6 Å². The summed E-state index contributed by atoms with van der Waals surface area (Å²) in [6.07, 6.45) is -0.355. The smallest absolute Gasteiger partial charge is 0.240 e. The van der Waals surface area contributed by atoms with E-state index in [1.54, 1.807) is 7.11 Å². The first kappa shape index (κ1) is 21.9. The minimum atomic E-state index is -3.75. The molecule has 3 rings (SSSR count). The lowest BCUT2D eigenvalue weighted by molar-refractivity contribution is -0.0201. The van der Waals surface area contributed by atoms with Gasteiger partial charge in [0.1, 0.15) is 12.2 Å². The van der Waals surface area contributed by atoms with Crippen molar-refractivity contribution in [3.8, 4) is 0 Å². The number of aliphatic hydroxyl groups excluding tert-OH is 2. The molecule has 5 atom stereocenters. The third kappa shape index (κ3) is 4.68. The van der Waals surface area contributed by atoms with Crippen LogP contribution < -0.4 is 4.72 Å². The van der Waals surface area contributed by atoms with Crippen LogP contribution in [-0.2, 0) is 19.5 Å². The number of aliphatic hydroxyl groups is 2. The summed E-state index contributed by atoms with van der Waals surface area (Å²) in [5, 5.41) is 20.7. The number of nitrogens with one attached hydrogen (secondary N) is 1. The lowest BCUT2D eigenvalue weighted by atomic mass is 10.0. The number of rotatable bonds is 8. The summed E-state index contributed by atoms with van der Waals surface area (Å²) in [4.78, 5) is 2.22. The number of hydrogen-bond donors (Lipinski definition) is 3. The molecule has 10 heteroatoms. The molecule has 0 aromatic heterocycles. The lowest BCUT2D eigenvalue weighted by Crippen LogP contribution is -2.53. The van der Waals surface area contributed by atoms with Crippen molar-refractivity contribution in [1.29, 1.82) is 0 Å². The van der Waals surface area contributed by atoms with Crippen molar-refractivity contribution >= 4 is 21.6 Å². The van der Waals surface area contributed by atoms with Crippen LogP contribution in [0.5, 0.6) is 0 Å². The lowest BCUT2D eigenvalue weighted by Gasteiger charge is -2.34. The minimum Gasteiger partial charge on any atom is -0.394 e. The van der Waals surface area contributed by atoms with Crippen molar-refractivity contribution in [2.45, 2.75) is 48.1 Å². The fourth-order valence-electron chi connectivity index (χ4n) is 4.07. The van der Waals surface area contributed by atoms with Crippen LogP contribution in [0.2, 0.25) is 5.02 Å². The Bertz CT molecular complexity index is 747. The maximum absolute atomic E-state index is 12.6. The van der Waals surface area contributed by atoms with Gasteiger partial charge in [-0.3, -0.25) is 4.90 Å². The zero-order valence-corrected chi connectivity index (χ0v) is 17.3. The predicted octanol–water partition coefficient (Wildman–Crippen LogP) is 0.218. The van der Waals surface area contributed by atoms with Crippen molar-refractivity contribution in [2.75, 3.05) is 33.4 Å². The number of ether oxygens (including phenoxy) is 2. The molecule has 28 heavy (non-hydrogen) atoms. The molecular weight excluding hydrogens is 408 g/mol. The molecule has 1 aromatic rings. The second-order valence-corrected chi connectivity index (χ2v) is 9.38. The molecule has 0 spiro atoms. The number of likely N-dealkylation sites (tertiary alicyclic amines) is 1. The second-order valence-electron chi connectivity index (χ2n) is 7.17. The Balaban J connectivity index is 1.74. The molecule has 2 aliphatic rings. The van der Waals surface area contributed by atoms with Gasteiger partial charge < -0.3 is 19.7 Å². The van der Waals surface area contributed by atoms with Crippen LogP contribution in [0, 0.1) is 0 Å². The molecule has 0 radical (unpaired) electrons. The molecule has 158 valence electrons. The van der Waals surface area contributed by atoms with E-state index < -0.39 is 34.4 Å². The number of benzene rings is 1. The van der Waals surface area contributed by atoms with Gasteiger partial charge in [0.05, 0.1) is 30.3 Å². The molecule has 2 saturated heterocycles. The highest BCUT2D eigenvalue weighted by Gasteiger charge is 2.49. The standard InChI is InChI=1S/C18H27ClN2O6S/c1-26-11-13-3-2-8-21(13)17-15(27-16(10-22)18(17)23)9-20-28(24,25)14-6-4-12(19)5-7-14/h4-7,13,15-18,20,22-23H,2-3,8-11H2,1H3/t13-,15-,16+,17+,18-/m1/s1. The third-order valence-electron chi connectivity index (χ3n) is 5.40. The topological polar surface area (TPSA) is 108 Å². The van der Waals surface area contributed by atoms with Crippen molar-refractivity contribution in [1.82, 2.24) is 9.62 Å². The van der Waals surface area contributed by atoms with E-state index >= 15 is 0 Å². The predicted molar refractivity (Wildman–Crippen MR) is 104 cm³/mol. The fourth-order valence-corrected chi connectivity index (χ4v) is 5.24. The summed E-state index contributed by atoms with van der Waals surface area (Å²) in [5.41, 5.74) is 0. The quantitative estimate of drug-likeness (QED) is 0.537. The highest BCUT2D eigenvalue weighted by Crippen LogP contribution is 2.31. The molecule has 0 aliphatic carbocycles. The van der Waals surface area contributed by atoms with Crippen LogP contribution in [0.1, 0.15) is 12.8 Å². The Morgan fingerprint density at radius 3 is 2.68 bits per heavy atom. The molecule has 1 aromatic carbocycles. The molecule has 2 fully saturated rings. The van der Waals surface area contributed by atoms with Crippen LogP contribution in [0.15, 0.2) is 29.2 Å². The van der Waals surface area contributed by atoms with Gasteiger partial charge in [-0.05, 0) is 43.7 Å². The van der Waals surface area contributed by atoms with E-state index in [1.807, 2.05) is 0 Å². The largest absolute Gasteiger partial charge is 0.394 e. The molecule has 3 N–H and O–H groups in total. The highest BCUT2D eigenvalue weighted by atomic mass is 35.5. The first-order chi connectivity index (χ1) is 13.4. The molecule has 2 aliphatic heterocycles. The van der Waals surface area contributed by atoms with E-state index in [2.05, 4.69) is 9.62 Å². The summed E-state index contributed by atoms with van der Waals surface area (Å²) in [5.74, 6) is 0. The number of methoxy groups -OCH3 is 1. The van der Waals surface area contributed by atoms with E-state index in [0.29, 0.717) is 11.6 Å². The second kappa shape index (κ2) is 9.36.